The van der Waals surface area contributed by atoms with Crippen LogP contribution in [0.15, 0.2) is 0 Å². The largest absolute Gasteiger partial charge is 0.466 e. The Morgan fingerprint density at radius 2 is 1.38 bits per heavy atom. The number of unbranched alkanes of at least 4 members (excludes halogenated alkanes) is 9. The molecular weight excluding hydrogens is 494 g/mol. The number of rotatable bonds is 26. The van der Waals surface area contributed by atoms with Crippen molar-refractivity contribution in [1.29, 1.82) is 0 Å². The van der Waals surface area contributed by atoms with E-state index < -0.39 is 0 Å². The average Bonchev–Trinajstić information content (AvgIpc) is 3.37. The summed E-state index contributed by atoms with van der Waals surface area (Å²) < 4.78 is 22.6. The molecule has 39 heavy (non-hydrogen) atoms. The molecular formula is C32H61NO6. The van der Waals surface area contributed by atoms with Gasteiger partial charge < -0.3 is 23.8 Å². The van der Waals surface area contributed by atoms with Crippen LogP contribution in [-0.2, 0) is 28.5 Å². The lowest BCUT2D eigenvalue weighted by molar-refractivity contribution is -0.160. The van der Waals surface area contributed by atoms with E-state index in [4.69, 9.17) is 18.9 Å². The van der Waals surface area contributed by atoms with Crippen LogP contribution in [0.4, 0.5) is 0 Å². The predicted molar refractivity (Wildman–Crippen MR) is 158 cm³/mol. The van der Waals surface area contributed by atoms with Gasteiger partial charge in [0.2, 0.25) is 0 Å². The van der Waals surface area contributed by atoms with E-state index >= 15 is 0 Å². The first-order valence-electron chi connectivity index (χ1n) is 16.2. The molecule has 1 fully saturated rings. The van der Waals surface area contributed by atoms with Crippen molar-refractivity contribution in [3.8, 4) is 0 Å². The van der Waals surface area contributed by atoms with Gasteiger partial charge in [-0.05, 0) is 45.7 Å². The molecule has 0 aromatic rings. The predicted octanol–water partition coefficient (Wildman–Crippen LogP) is 7.44. The Morgan fingerprint density at radius 3 is 2.05 bits per heavy atom. The molecule has 1 rings (SSSR count). The van der Waals surface area contributed by atoms with E-state index in [1.54, 1.807) is 0 Å². The number of hydrogen-bond donors (Lipinski definition) is 0. The van der Waals surface area contributed by atoms with Crippen LogP contribution in [-0.4, -0.2) is 69.7 Å². The molecule has 1 heterocycles. The standard InChI is InChI=1S/C32H61NO6/c1-5-7-13-17-28(18-14-8-6-2)23-26-36-30(34)19-15-11-9-10-12-16-25-37-32-21-20-29(39-32)27-38-31(35)22-24-33(3)4/h28-29,32H,5-27H2,1-4H3/t29-,32+/m0/s1. The minimum absolute atomic E-state index is 0.0255. The number of esters is 2. The van der Waals surface area contributed by atoms with Gasteiger partial charge >= 0.3 is 11.9 Å². The molecule has 0 aliphatic carbocycles. The van der Waals surface area contributed by atoms with Crippen LogP contribution in [0.2, 0.25) is 0 Å². The third kappa shape index (κ3) is 21.3. The Balaban J connectivity index is 1.95. The smallest absolute Gasteiger partial charge is 0.307 e. The van der Waals surface area contributed by atoms with E-state index in [2.05, 4.69) is 13.8 Å². The Labute approximate surface area is 240 Å². The van der Waals surface area contributed by atoms with Gasteiger partial charge in [0.25, 0.3) is 0 Å². The number of carbonyl (C=O) groups is 2. The third-order valence-electron chi connectivity index (χ3n) is 7.56. The molecule has 2 atom stereocenters. The lowest BCUT2D eigenvalue weighted by atomic mass is 9.92. The summed E-state index contributed by atoms with van der Waals surface area (Å²) in [5.41, 5.74) is 0. The zero-order valence-electron chi connectivity index (χ0n) is 25.9. The fraction of sp³-hybridized carbons (Fsp3) is 0.938. The summed E-state index contributed by atoms with van der Waals surface area (Å²) >= 11 is 0. The summed E-state index contributed by atoms with van der Waals surface area (Å²) in [5, 5.41) is 0. The van der Waals surface area contributed by atoms with Gasteiger partial charge in [0.1, 0.15) is 6.61 Å². The Kier molecular flexibility index (Phi) is 22.6. The normalized spacial score (nSPS) is 17.3. The quantitative estimate of drug-likeness (QED) is 0.0811. The van der Waals surface area contributed by atoms with Crippen molar-refractivity contribution in [2.45, 2.75) is 148 Å². The van der Waals surface area contributed by atoms with Crippen LogP contribution >= 0.6 is 0 Å². The molecule has 0 saturated carbocycles. The Hall–Kier alpha value is -1.18. The fourth-order valence-corrected chi connectivity index (χ4v) is 4.99. The van der Waals surface area contributed by atoms with E-state index in [0.717, 1.165) is 57.8 Å². The van der Waals surface area contributed by atoms with Crippen molar-refractivity contribution in [3.63, 3.8) is 0 Å². The van der Waals surface area contributed by atoms with Gasteiger partial charge in [-0.15, -0.1) is 0 Å². The van der Waals surface area contributed by atoms with Crippen LogP contribution in [0.1, 0.15) is 136 Å². The topological polar surface area (TPSA) is 74.3 Å². The van der Waals surface area contributed by atoms with Crippen LogP contribution < -0.4 is 0 Å². The summed E-state index contributed by atoms with van der Waals surface area (Å²) in [4.78, 5) is 25.8. The van der Waals surface area contributed by atoms with E-state index in [1.807, 2.05) is 19.0 Å². The van der Waals surface area contributed by atoms with Gasteiger partial charge in [-0.3, -0.25) is 9.59 Å². The maximum Gasteiger partial charge on any atom is 0.307 e. The minimum atomic E-state index is -0.176. The van der Waals surface area contributed by atoms with Crippen molar-refractivity contribution < 1.29 is 28.5 Å². The molecule has 1 aliphatic heterocycles. The highest BCUT2D eigenvalue weighted by molar-refractivity contribution is 5.69. The van der Waals surface area contributed by atoms with Crippen molar-refractivity contribution in [2.24, 2.45) is 5.92 Å². The molecule has 0 unspecified atom stereocenters. The van der Waals surface area contributed by atoms with E-state index in [9.17, 15) is 9.59 Å². The highest BCUT2D eigenvalue weighted by Gasteiger charge is 2.26. The maximum absolute atomic E-state index is 12.1. The van der Waals surface area contributed by atoms with Crippen LogP contribution in [0.25, 0.3) is 0 Å². The van der Waals surface area contributed by atoms with Gasteiger partial charge in [-0.1, -0.05) is 90.9 Å². The highest BCUT2D eigenvalue weighted by Crippen LogP contribution is 2.22. The van der Waals surface area contributed by atoms with Gasteiger partial charge in [0, 0.05) is 26.0 Å². The average molecular weight is 556 g/mol. The van der Waals surface area contributed by atoms with Crippen molar-refractivity contribution >= 4 is 11.9 Å². The van der Waals surface area contributed by atoms with Gasteiger partial charge in [-0.2, -0.15) is 0 Å². The first-order valence-corrected chi connectivity index (χ1v) is 16.2. The second-order valence-electron chi connectivity index (χ2n) is 11.6. The molecule has 0 radical (unpaired) electrons. The minimum Gasteiger partial charge on any atom is -0.466 e. The second kappa shape index (κ2) is 24.6. The highest BCUT2D eigenvalue weighted by atomic mass is 16.7. The van der Waals surface area contributed by atoms with Crippen molar-refractivity contribution in [2.75, 3.05) is 40.5 Å². The van der Waals surface area contributed by atoms with Crippen molar-refractivity contribution in [1.82, 2.24) is 4.90 Å². The molecule has 1 aliphatic rings. The summed E-state index contributed by atoms with van der Waals surface area (Å²) in [6, 6.07) is 0. The van der Waals surface area contributed by atoms with E-state index in [-0.39, 0.29) is 24.3 Å². The third-order valence-corrected chi connectivity index (χ3v) is 7.56. The second-order valence-corrected chi connectivity index (χ2v) is 11.6. The monoisotopic (exact) mass is 555 g/mol. The zero-order chi connectivity index (χ0) is 28.6. The number of hydrogen-bond acceptors (Lipinski definition) is 7. The molecule has 0 bridgehead atoms. The molecule has 1 saturated heterocycles. The Bertz CT molecular complexity index is 589. The van der Waals surface area contributed by atoms with E-state index in [1.165, 1.54) is 51.4 Å². The molecule has 0 N–H and O–H groups in total. The Morgan fingerprint density at radius 1 is 0.744 bits per heavy atom. The molecule has 7 nitrogen and oxygen atoms in total. The van der Waals surface area contributed by atoms with Crippen LogP contribution in [0.3, 0.4) is 0 Å². The molecule has 0 spiro atoms. The summed E-state index contributed by atoms with van der Waals surface area (Å²) in [6.07, 6.45) is 20.2. The SMILES string of the molecule is CCCCCC(CCCCC)CCOC(=O)CCCCCCCCO[C@H]1CC[C@@H](COC(=O)CCN(C)C)O1. The maximum atomic E-state index is 12.1. The lowest BCUT2D eigenvalue weighted by Crippen LogP contribution is -2.23. The van der Waals surface area contributed by atoms with E-state index in [0.29, 0.717) is 45.1 Å². The molecule has 0 aromatic carbocycles. The number of carbonyl (C=O) groups excluding carboxylic acids is 2. The number of ether oxygens (including phenoxy) is 4. The molecule has 0 aromatic heterocycles. The number of nitrogens with zero attached hydrogens (tertiary/aromatic N) is 1. The summed E-state index contributed by atoms with van der Waals surface area (Å²) in [5.74, 6) is 0.514. The molecule has 7 heteroatoms. The van der Waals surface area contributed by atoms with Gasteiger partial charge in [0.05, 0.1) is 19.1 Å². The lowest BCUT2D eigenvalue weighted by Gasteiger charge is -2.16. The molecule has 0 amide bonds. The van der Waals surface area contributed by atoms with Crippen molar-refractivity contribution in [3.05, 3.63) is 0 Å². The van der Waals surface area contributed by atoms with Crippen LogP contribution in [0, 0.1) is 5.92 Å². The molecule has 230 valence electrons. The first kappa shape index (κ1) is 35.8. The van der Waals surface area contributed by atoms with Gasteiger partial charge in [0.15, 0.2) is 6.29 Å². The van der Waals surface area contributed by atoms with Crippen LogP contribution in [0.5, 0.6) is 0 Å². The summed E-state index contributed by atoms with van der Waals surface area (Å²) in [7, 11) is 3.88. The summed E-state index contributed by atoms with van der Waals surface area (Å²) in [6.45, 7) is 6.81. The first-order chi connectivity index (χ1) is 18.9. The zero-order valence-corrected chi connectivity index (χ0v) is 25.9. The fourth-order valence-electron chi connectivity index (χ4n) is 4.99. The van der Waals surface area contributed by atoms with Gasteiger partial charge in [-0.25, -0.2) is 0 Å².